The molecule has 0 bridgehead atoms. The molecule has 13 heteroatoms. The molecule has 0 unspecified atom stereocenters. The van der Waals surface area contributed by atoms with Crippen LogP contribution < -0.4 is 9.47 Å². The Morgan fingerprint density at radius 1 is 0.983 bits per heavy atom. The van der Waals surface area contributed by atoms with Gasteiger partial charge < -0.3 is 43.8 Å². The molecule has 1 amide bonds. The van der Waals surface area contributed by atoms with Gasteiger partial charge in [-0.05, 0) is 86.8 Å². The Morgan fingerprint density at radius 3 is 2.51 bits per heavy atom. The van der Waals surface area contributed by atoms with E-state index in [9.17, 15) is 20.1 Å². The smallest absolute Gasteiger partial charge is 0.410 e. The molecule has 2 aromatic carbocycles. The van der Waals surface area contributed by atoms with Gasteiger partial charge in [0.05, 0.1) is 51.3 Å². The lowest BCUT2D eigenvalue weighted by molar-refractivity contribution is -0.256. The van der Waals surface area contributed by atoms with Crippen LogP contribution in [0.4, 0.5) is 4.79 Å². The number of hydrogen-bond acceptors (Lipinski definition) is 12. The summed E-state index contributed by atoms with van der Waals surface area (Å²) in [5.74, 6) is 0.210. The van der Waals surface area contributed by atoms with Crippen LogP contribution in [0.2, 0.25) is 0 Å². The van der Waals surface area contributed by atoms with Gasteiger partial charge in [0.2, 0.25) is 5.79 Å². The van der Waals surface area contributed by atoms with Crippen molar-refractivity contribution in [3.63, 3.8) is 0 Å². The van der Waals surface area contributed by atoms with E-state index in [0.717, 1.165) is 48.3 Å². The topological polar surface area (TPSA) is 149 Å². The van der Waals surface area contributed by atoms with Gasteiger partial charge in [-0.15, -0.1) is 24.9 Å². The van der Waals surface area contributed by atoms with Gasteiger partial charge in [0.1, 0.15) is 24.1 Å². The van der Waals surface area contributed by atoms with Crippen molar-refractivity contribution >= 4 is 23.6 Å². The van der Waals surface area contributed by atoms with Crippen molar-refractivity contribution in [1.82, 2.24) is 4.90 Å². The highest BCUT2D eigenvalue weighted by atomic mass is 32.2. The first kappa shape index (κ1) is 46.2. The summed E-state index contributed by atoms with van der Waals surface area (Å²) in [4.78, 5) is 22.9. The quantitative estimate of drug-likeness (QED) is 0.0355. The van der Waals surface area contributed by atoms with E-state index in [1.54, 1.807) is 28.8 Å². The minimum absolute atomic E-state index is 0.0696. The highest BCUT2D eigenvalue weighted by Crippen LogP contribution is 2.62. The Kier molecular flexibility index (Phi) is 19.1. The Bertz CT molecular complexity index is 1670. The van der Waals surface area contributed by atoms with Gasteiger partial charge >= 0.3 is 6.09 Å². The fourth-order valence-electron chi connectivity index (χ4n) is 8.73. The average molecular weight is 837 g/mol. The molecule has 3 aliphatic rings. The molecule has 0 spiro atoms. The third-order valence-electron chi connectivity index (χ3n) is 11.2. The molecule has 0 radical (unpaired) electrons. The van der Waals surface area contributed by atoms with Crippen LogP contribution in [0, 0.1) is 17.8 Å². The highest BCUT2D eigenvalue weighted by molar-refractivity contribution is 7.99. The summed E-state index contributed by atoms with van der Waals surface area (Å²) in [6.07, 6.45) is 10.5. The molecule has 59 heavy (non-hydrogen) atoms. The first-order valence-corrected chi connectivity index (χ1v) is 22.2. The van der Waals surface area contributed by atoms with E-state index in [2.05, 4.69) is 37.4 Å². The molecule has 12 nitrogen and oxygen atoms in total. The fourth-order valence-corrected chi connectivity index (χ4v) is 9.48. The minimum atomic E-state index is -1.43. The van der Waals surface area contributed by atoms with E-state index >= 15 is 0 Å². The Balaban J connectivity index is 1.67. The lowest BCUT2D eigenvalue weighted by atomic mass is 9.55. The highest BCUT2D eigenvalue weighted by Gasteiger charge is 2.65. The Labute approximate surface area is 354 Å². The molecule has 324 valence electrons. The van der Waals surface area contributed by atoms with Gasteiger partial charge in [-0.3, -0.25) is 4.90 Å². The number of aliphatic hydroxyl groups excluding tert-OH is 3. The third-order valence-corrected chi connectivity index (χ3v) is 12.2. The summed E-state index contributed by atoms with van der Waals surface area (Å²) in [7, 11) is 0. The first-order chi connectivity index (χ1) is 29.0. The predicted octanol–water partition coefficient (Wildman–Crippen LogP) is 7.53. The van der Waals surface area contributed by atoms with Gasteiger partial charge in [0.25, 0.3) is 0 Å². The standard InChI is InChI=1S/C46H64N2O10S/c1-4-7-26-55-45(52)48(21-27-53-28-24-51)42-33-40(47-57-6-3)38-31-34(15-11-13-22-49)37(18-12-14-23-50)43-39-32-35(54-29-30-59-36-16-9-8-10-17-36)19-20-41(39)58-46(42,44(38)43)56-25-5-2/h4-5,8-10,16-17,19-20,31-32,34,37,42-44,49-51H,1-2,6-7,11-15,18,21-30,33H2,3H3/t34-,37+,42-,43+,44+,46+/m0/s1. The van der Waals surface area contributed by atoms with Crippen LogP contribution in [0.5, 0.6) is 11.5 Å². The van der Waals surface area contributed by atoms with E-state index in [1.165, 1.54) is 4.90 Å². The zero-order valence-corrected chi connectivity index (χ0v) is 35.4. The monoisotopic (exact) mass is 836 g/mol. The van der Waals surface area contributed by atoms with Crippen molar-refractivity contribution in [2.75, 3.05) is 71.8 Å². The number of ether oxygens (including phenoxy) is 5. The lowest BCUT2D eigenvalue weighted by Gasteiger charge is -2.59. The summed E-state index contributed by atoms with van der Waals surface area (Å²) in [6.45, 7) is 11.2. The van der Waals surface area contributed by atoms with E-state index in [0.29, 0.717) is 43.9 Å². The van der Waals surface area contributed by atoms with E-state index in [-0.39, 0.29) is 77.0 Å². The van der Waals surface area contributed by atoms with Crippen molar-refractivity contribution in [3.05, 3.63) is 91.1 Å². The molecule has 0 saturated heterocycles. The number of hydrogen-bond donors (Lipinski definition) is 3. The largest absolute Gasteiger partial charge is 0.493 e. The molecule has 1 heterocycles. The maximum atomic E-state index is 14.3. The number of aliphatic hydroxyl groups is 3. The van der Waals surface area contributed by atoms with Gasteiger partial charge in [-0.1, -0.05) is 54.4 Å². The number of amides is 1. The number of fused-ring (bicyclic) bond motifs is 2. The molecular formula is C46H64N2O10S. The second kappa shape index (κ2) is 24.4. The van der Waals surface area contributed by atoms with Crippen molar-refractivity contribution in [2.24, 2.45) is 22.9 Å². The fraction of sp³-hybridized carbons (Fsp3) is 0.565. The minimum Gasteiger partial charge on any atom is -0.493 e. The molecule has 6 atom stereocenters. The lowest BCUT2D eigenvalue weighted by Crippen LogP contribution is -2.70. The van der Waals surface area contributed by atoms with Gasteiger partial charge in [-0.2, -0.15) is 0 Å². The summed E-state index contributed by atoms with van der Waals surface area (Å²) in [5.41, 5.74) is 2.63. The van der Waals surface area contributed by atoms with Crippen LogP contribution in [-0.4, -0.2) is 116 Å². The number of nitrogens with zero attached hydrogens (tertiary/aromatic N) is 2. The van der Waals surface area contributed by atoms with E-state index in [1.807, 2.05) is 37.3 Å². The molecule has 2 aromatic rings. The summed E-state index contributed by atoms with van der Waals surface area (Å²) in [6, 6.07) is 15.5. The van der Waals surface area contributed by atoms with Crippen LogP contribution in [0.15, 0.2) is 95.5 Å². The van der Waals surface area contributed by atoms with Crippen molar-refractivity contribution < 1.29 is 48.6 Å². The number of allylic oxidation sites excluding steroid dienone is 1. The zero-order chi connectivity index (χ0) is 41.9. The zero-order valence-electron chi connectivity index (χ0n) is 34.6. The summed E-state index contributed by atoms with van der Waals surface area (Å²) >= 11 is 1.74. The van der Waals surface area contributed by atoms with Crippen LogP contribution in [0.1, 0.15) is 69.8 Å². The number of oxime groups is 1. The predicted molar refractivity (Wildman–Crippen MR) is 230 cm³/mol. The SMILES string of the molecule is C=CCCOC(=O)N(CCOCCO)[C@H]1CC(=NOCC)C2=C[C@H](CCCCO)[C@@H](CCCCO)[C@@H]3c4cc(OCCSc5ccccc5)ccc4O[C@@]1(OCC=C)[C@H]23. The van der Waals surface area contributed by atoms with E-state index in [4.69, 9.17) is 33.7 Å². The van der Waals surface area contributed by atoms with Crippen molar-refractivity contribution in [2.45, 2.75) is 80.9 Å². The van der Waals surface area contributed by atoms with Gasteiger partial charge in [0, 0.05) is 48.3 Å². The van der Waals surface area contributed by atoms with Crippen LogP contribution in [0.3, 0.4) is 0 Å². The number of unbranched alkanes of at least 4 members (excludes halogenated alkanes) is 2. The Hall–Kier alpha value is -3.85. The average Bonchev–Trinajstić information content (AvgIpc) is 3.25. The molecular weight excluding hydrogens is 773 g/mol. The molecule has 2 aliphatic carbocycles. The number of benzene rings is 2. The number of rotatable bonds is 27. The molecule has 1 saturated carbocycles. The first-order valence-electron chi connectivity index (χ1n) is 21.2. The molecule has 1 fully saturated rings. The van der Waals surface area contributed by atoms with Crippen molar-refractivity contribution in [1.29, 1.82) is 0 Å². The number of carbonyl (C=O) groups excluding carboxylic acids is 1. The van der Waals surface area contributed by atoms with Crippen LogP contribution >= 0.6 is 11.8 Å². The molecule has 5 rings (SSSR count). The normalized spacial score (nSPS) is 23.6. The second-order valence-electron chi connectivity index (χ2n) is 14.9. The maximum Gasteiger partial charge on any atom is 0.410 e. The molecule has 1 aliphatic heterocycles. The summed E-state index contributed by atoms with van der Waals surface area (Å²) < 4.78 is 32.3. The molecule has 0 aromatic heterocycles. The molecule has 3 N–H and O–H groups in total. The van der Waals surface area contributed by atoms with Gasteiger partial charge in [-0.25, -0.2) is 4.79 Å². The maximum absolute atomic E-state index is 14.3. The van der Waals surface area contributed by atoms with Crippen molar-refractivity contribution in [3.8, 4) is 11.5 Å². The second-order valence-corrected chi connectivity index (χ2v) is 16.1. The summed E-state index contributed by atoms with van der Waals surface area (Å²) in [5, 5.41) is 34.0. The van der Waals surface area contributed by atoms with Gasteiger partial charge in [0.15, 0.2) is 0 Å². The van der Waals surface area contributed by atoms with Crippen LogP contribution in [0.25, 0.3) is 0 Å². The number of thioether (sulfide) groups is 1. The van der Waals surface area contributed by atoms with E-state index < -0.39 is 23.8 Å². The number of carbonyl (C=O) groups is 1. The van der Waals surface area contributed by atoms with Crippen LogP contribution in [-0.2, 0) is 19.0 Å². The third kappa shape index (κ3) is 11.9. The Morgan fingerprint density at radius 2 is 1.78 bits per heavy atom.